The number of amides is 2. The summed E-state index contributed by atoms with van der Waals surface area (Å²) in [5.41, 5.74) is 0.0583. The van der Waals surface area contributed by atoms with Gasteiger partial charge in [0.15, 0.2) is 9.84 Å². The predicted molar refractivity (Wildman–Crippen MR) is 107 cm³/mol. The van der Waals surface area contributed by atoms with Gasteiger partial charge in [0.2, 0.25) is 11.8 Å². The Kier molecular flexibility index (Phi) is 6.23. The summed E-state index contributed by atoms with van der Waals surface area (Å²) < 4.78 is 51.9. The Morgan fingerprint density at radius 3 is 2.76 bits per heavy atom. The third kappa shape index (κ3) is 5.13. The molecule has 3 rings (SSSR count). The Morgan fingerprint density at radius 2 is 2.00 bits per heavy atom. The molecule has 0 fully saturated rings. The molecule has 1 heterocycles. The molecule has 0 bridgehead atoms. The zero-order valence-corrected chi connectivity index (χ0v) is 17.0. The maximum absolute atomic E-state index is 13.6. The minimum absolute atomic E-state index is 0.0311. The topological polar surface area (TPSA) is 92.3 Å². The Bertz CT molecular complexity index is 1070. The van der Waals surface area contributed by atoms with E-state index >= 15 is 0 Å². The molecule has 2 N–H and O–H groups in total. The average molecular weight is 440 g/mol. The molecule has 0 spiro atoms. The van der Waals surface area contributed by atoms with Gasteiger partial charge in [0.05, 0.1) is 22.0 Å². The summed E-state index contributed by atoms with van der Waals surface area (Å²) in [6, 6.07) is 7.00. The van der Waals surface area contributed by atoms with Gasteiger partial charge in [-0.1, -0.05) is 6.92 Å². The largest absolute Gasteiger partial charge is 0.325 e. The molecular formula is C19H18F2N2O4S2. The highest BCUT2D eigenvalue weighted by Gasteiger charge is 2.23. The summed E-state index contributed by atoms with van der Waals surface area (Å²) >= 11 is 1.45. The monoisotopic (exact) mass is 440 g/mol. The molecule has 0 saturated carbocycles. The second kappa shape index (κ2) is 8.50. The molecule has 1 aliphatic heterocycles. The molecule has 2 amide bonds. The predicted octanol–water partition coefficient (Wildman–Crippen LogP) is 3.45. The number of nitrogens with one attached hydrogen (secondary N) is 2. The smallest absolute Gasteiger partial charge is 0.228 e. The molecule has 0 radical (unpaired) electrons. The second-order valence-electron chi connectivity index (χ2n) is 6.60. The Labute approximate surface area is 171 Å². The summed E-state index contributed by atoms with van der Waals surface area (Å²) in [6.07, 6.45) is -0.437. The fourth-order valence-corrected chi connectivity index (χ4v) is 4.90. The van der Waals surface area contributed by atoms with E-state index in [-0.39, 0.29) is 22.4 Å². The van der Waals surface area contributed by atoms with Gasteiger partial charge in [-0.15, -0.1) is 11.8 Å². The van der Waals surface area contributed by atoms with E-state index in [0.717, 1.165) is 23.1 Å². The van der Waals surface area contributed by atoms with Crippen LogP contribution < -0.4 is 10.6 Å². The van der Waals surface area contributed by atoms with E-state index in [9.17, 15) is 26.8 Å². The van der Waals surface area contributed by atoms with Crippen LogP contribution in [0.3, 0.4) is 0 Å². The Balaban J connectivity index is 1.70. The first kappa shape index (κ1) is 21.3. The number of thioether (sulfide) groups is 1. The van der Waals surface area contributed by atoms with E-state index in [2.05, 4.69) is 10.6 Å². The lowest BCUT2D eigenvalue weighted by Crippen LogP contribution is -2.20. The molecule has 2 aromatic rings. The van der Waals surface area contributed by atoms with Gasteiger partial charge in [-0.2, -0.15) is 0 Å². The number of benzene rings is 2. The van der Waals surface area contributed by atoms with Crippen molar-refractivity contribution in [3.63, 3.8) is 0 Å². The van der Waals surface area contributed by atoms with Crippen LogP contribution in [0.5, 0.6) is 0 Å². The van der Waals surface area contributed by atoms with Crippen LogP contribution >= 0.6 is 11.8 Å². The summed E-state index contributed by atoms with van der Waals surface area (Å²) in [7, 11) is -3.83. The van der Waals surface area contributed by atoms with Crippen LogP contribution in [0, 0.1) is 17.6 Å². The first-order valence-electron chi connectivity index (χ1n) is 8.71. The summed E-state index contributed by atoms with van der Waals surface area (Å²) in [6.45, 7) is 1.78. The number of carbonyl (C=O) groups excluding carboxylic acids is 2. The van der Waals surface area contributed by atoms with Crippen molar-refractivity contribution in [3.8, 4) is 0 Å². The lowest BCUT2D eigenvalue weighted by molar-refractivity contribution is -0.118. The third-order valence-corrected chi connectivity index (χ3v) is 7.35. The number of hydrogen-bond donors (Lipinski definition) is 2. The number of anilines is 2. The molecule has 2 aromatic carbocycles. The SMILES string of the molecule is CC1CSc2ccc(S(=O)(=O)CCC(=O)Nc3cc(F)ccc3F)cc2NC1=O. The molecule has 1 atom stereocenters. The van der Waals surface area contributed by atoms with Crippen LogP contribution in [-0.4, -0.2) is 31.7 Å². The minimum Gasteiger partial charge on any atom is -0.325 e. The van der Waals surface area contributed by atoms with E-state index < -0.39 is 39.6 Å². The van der Waals surface area contributed by atoms with Crippen molar-refractivity contribution in [2.24, 2.45) is 5.92 Å². The maximum Gasteiger partial charge on any atom is 0.228 e. The van der Waals surface area contributed by atoms with E-state index in [1.807, 2.05) is 0 Å². The van der Waals surface area contributed by atoms with Gasteiger partial charge in [-0.3, -0.25) is 9.59 Å². The fraction of sp³-hybridized carbons (Fsp3) is 0.263. The van der Waals surface area contributed by atoms with Crippen LogP contribution in [-0.2, 0) is 19.4 Å². The highest BCUT2D eigenvalue weighted by Crippen LogP contribution is 2.34. The molecule has 0 saturated heterocycles. The van der Waals surface area contributed by atoms with Gasteiger partial charge >= 0.3 is 0 Å². The van der Waals surface area contributed by atoms with E-state index in [0.29, 0.717) is 11.4 Å². The van der Waals surface area contributed by atoms with Gasteiger partial charge in [0, 0.05) is 29.1 Å². The van der Waals surface area contributed by atoms with Crippen LogP contribution in [0.25, 0.3) is 0 Å². The quantitative estimate of drug-likeness (QED) is 0.743. The van der Waals surface area contributed by atoms with Crippen molar-refractivity contribution in [1.29, 1.82) is 0 Å². The van der Waals surface area contributed by atoms with Gasteiger partial charge in [-0.25, -0.2) is 17.2 Å². The lowest BCUT2D eigenvalue weighted by atomic mass is 10.2. The molecule has 6 nitrogen and oxygen atoms in total. The van der Waals surface area contributed by atoms with E-state index in [4.69, 9.17) is 0 Å². The number of halogens is 2. The molecule has 29 heavy (non-hydrogen) atoms. The lowest BCUT2D eigenvalue weighted by Gasteiger charge is -2.10. The molecule has 154 valence electrons. The van der Waals surface area contributed by atoms with Crippen molar-refractivity contribution in [2.45, 2.75) is 23.1 Å². The first-order chi connectivity index (χ1) is 13.7. The van der Waals surface area contributed by atoms with Crippen LogP contribution in [0.2, 0.25) is 0 Å². The number of carbonyl (C=O) groups is 2. The normalized spacial score (nSPS) is 16.5. The van der Waals surface area contributed by atoms with Crippen LogP contribution in [0.1, 0.15) is 13.3 Å². The van der Waals surface area contributed by atoms with Gasteiger partial charge < -0.3 is 10.6 Å². The summed E-state index contributed by atoms with van der Waals surface area (Å²) in [5.74, 6) is -2.65. The van der Waals surface area contributed by atoms with Crippen molar-refractivity contribution in [2.75, 3.05) is 22.1 Å². The van der Waals surface area contributed by atoms with Gasteiger partial charge in [0.25, 0.3) is 0 Å². The highest BCUT2D eigenvalue weighted by molar-refractivity contribution is 7.99. The zero-order chi connectivity index (χ0) is 21.2. The number of fused-ring (bicyclic) bond motifs is 1. The van der Waals surface area contributed by atoms with Crippen LogP contribution in [0.15, 0.2) is 46.2 Å². The summed E-state index contributed by atoms with van der Waals surface area (Å²) in [5, 5.41) is 4.88. The number of rotatable bonds is 5. The van der Waals surface area contributed by atoms with Crippen LogP contribution in [0.4, 0.5) is 20.2 Å². The third-order valence-electron chi connectivity index (χ3n) is 4.30. The second-order valence-corrected chi connectivity index (χ2v) is 9.77. The number of sulfone groups is 1. The molecular weight excluding hydrogens is 422 g/mol. The van der Waals surface area contributed by atoms with Gasteiger partial charge in [0.1, 0.15) is 11.6 Å². The molecule has 1 aliphatic rings. The van der Waals surface area contributed by atoms with E-state index in [1.54, 1.807) is 13.0 Å². The highest BCUT2D eigenvalue weighted by atomic mass is 32.2. The summed E-state index contributed by atoms with van der Waals surface area (Å²) in [4.78, 5) is 24.7. The Morgan fingerprint density at radius 1 is 1.24 bits per heavy atom. The average Bonchev–Trinajstić information content (AvgIpc) is 2.81. The minimum atomic E-state index is -3.83. The molecule has 10 heteroatoms. The van der Waals surface area contributed by atoms with E-state index in [1.165, 1.54) is 23.9 Å². The maximum atomic E-state index is 13.6. The van der Waals surface area contributed by atoms with Crippen molar-refractivity contribution in [1.82, 2.24) is 0 Å². The standard InChI is InChI=1S/C19H18F2N2O4S2/c1-11-10-28-17-5-3-13(9-16(17)23-19(11)25)29(26,27)7-6-18(24)22-15-8-12(20)2-4-14(15)21/h2-5,8-9,11H,6-7,10H2,1H3,(H,22,24)(H,23,25). The van der Waals surface area contributed by atoms with Crippen molar-refractivity contribution in [3.05, 3.63) is 48.0 Å². The van der Waals surface area contributed by atoms with Crippen molar-refractivity contribution >= 4 is 44.8 Å². The Hall–Kier alpha value is -2.46. The molecule has 0 aromatic heterocycles. The first-order valence-corrected chi connectivity index (χ1v) is 11.3. The zero-order valence-electron chi connectivity index (χ0n) is 15.4. The number of hydrogen-bond acceptors (Lipinski definition) is 5. The van der Waals surface area contributed by atoms with Gasteiger partial charge in [-0.05, 0) is 30.3 Å². The van der Waals surface area contributed by atoms with Crippen molar-refractivity contribution < 1.29 is 26.8 Å². The molecule has 0 aliphatic carbocycles. The molecule has 1 unspecified atom stereocenters. The fourth-order valence-electron chi connectivity index (χ4n) is 2.62.